The Hall–Kier alpha value is -0.890. The van der Waals surface area contributed by atoms with Crippen molar-refractivity contribution < 1.29 is 9.47 Å². The van der Waals surface area contributed by atoms with Crippen molar-refractivity contribution >= 4 is 5.96 Å². The van der Waals surface area contributed by atoms with E-state index >= 15 is 0 Å². The van der Waals surface area contributed by atoms with Crippen LogP contribution in [0.4, 0.5) is 0 Å². The molecule has 3 heterocycles. The first kappa shape index (κ1) is 18.9. The molecule has 2 atom stereocenters. The lowest BCUT2D eigenvalue weighted by molar-refractivity contribution is 0.0195. The summed E-state index contributed by atoms with van der Waals surface area (Å²) in [6.07, 6.45) is 3.78. The molecule has 0 aromatic heterocycles. The molecule has 0 aliphatic carbocycles. The van der Waals surface area contributed by atoms with Crippen LogP contribution in [0.5, 0.6) is 0 Å². The number of hydrogen-bond donors (Lipinski definition) is 1. The molecule has 0 radical (unpaired) electrons. The molecule has 3 rings (SSSR count). The number of methoxy groups -OCH3 is 1. The van der Waals surface area contributed by atoms with Gasteiger partial charge in [-0.15, -0.1) is 0 Å². The highest BCUT2D eigenvalue weighted by Gasteiger charge is 2.31. The molecule has 144 valence electrons. The molecule has 3 fully saturated rings. The van der Waals surface area contributed by atoms with Gasteiger partial charge < -0.3 is 19.7 Å². The van der Waals surface area contributed by atoms with Crippen LogP contribution in [0.25, 0.3) is 0 Å². The molecule has 0 amide bonds. The van der Waals surface area contributed by atoms with Crippen LogP contribution in [-0.4, -0.2) is 113 Å². The number of ether oxygens (including phenoxy) is 2. The largest absolute Gasteiger partial charge is 0.383 e. The van der Waals surface area contributed by atoms with Crippen LogP contribution in [0.1, 0.15) is 19.3 Å². The van der Waals surface area contributed by atoms with Gasteiger partial charge in [0.05, 0.1) is 19.8 Å². The molecule has 0 aromatic carbocycles. The molecule has 2 unspecified atom stereocenters. The van der Waals surface area contributed by atoms with Gasteiger partial charge in [-0.1, -0.05) is 0 Å². The fourth-order valence-corrected chi connectivity index (χ4v) is 4.35. The Bertz CT molecular complexity index is 428. The maximum absolute atomic E-state index is 5.48. The molecular formula is C18H35N5O2. The summed E-state index contributed by atoms with van der Waals surface area (Å²) in [6, 6.07) is 1.25. The number of nitrogens with zero attached hydrogens (tertiary/aromatic N) is 4. The van der Waals surface area contributed by atoms with Crippen molar-refractivity contribution in [3.05, 3.63) is 0 Å². The normalized spacial score (nSPS) is 29.5. The monoisotopic (exact) mass is 353 g/mol. The van der Waals surface area contributed by atoms with Gasteiger partial charge in [-0.05, 0) is 25.8 Å². The first-order valence-corrected chi connectivity index (χ1v) is 9.82. The molecule has 3 saturated heterocycles. The molecule has 7 nitrogen and oxygen atoms in total. The lowest BCUT2D eigenvalue weighted by atomic mass is 10.2. The number of hydrogen-bond acceptors (Lipinski definition) is 5. The SMILES string of the molecule is CN=C(NCC1CCCN1CCOC)N1CCC(N2CCOCC2)C1. The highest BCUT2D eigenvalue weighted by Crippen LogP contribution is 2.18. The van der Waals surface area contributed by atoms with Gasteiger partial charge in [-0.3, -0.25) is 14.8 Å². The Labute approximate surface area is 152 Å². The van der Waals surface area contributed by atoms with Crippen LogP contribution in [0.2, 0.25) is 0 Å². The van der Waals surface area contributed by atoms with E-state index in [1.807, 2.05) is 7.05 Å². The van der Waals surface area contributed by atoms with E-state index in [4.69, 9.17) is 9.47 Å². The molecule has 0 bridgehead atoms. The van der Waals surface area contributed by atoms with Crippen LogP contribution in [0, 0.1) is 0 Å². The predicted molar refractivity (Wildman–Crippen MR) is 100 cm³/mol. The fourth-order valence-electron chi connectivity index (χ4n) is 4.35. The van der Waals surface area contributed by atoms with E-state index in [1.165, 1.54) is 25.8 Å². The highest BCUT2D eigenvalue weighted by molar-refractivity contribution is 5.80. The molecule has 25 heavy (non-hydrogen) atoms. The summed E-state index contributed by atoms with van der Waals surface area (Å²) >= 11 is 0. The van der Waals surface area contributed by atoms with Gasteiger partial charge in [0.25, 0.3) is 0 Å². The van der Waals surface area contributed by atoms with E-state index in [1.54, 1.807) is 7.11 Å². The van der Waals surface area contributed by atoms with Crippen LogP contribution < -0.4 is 5.32 Å². The van der Waals surface area contributed by atoms with Gasteiger partial charge >= 0.3 is 0 Å². The maximum Gasteiger partial charge on any atom is 0.193 e. The fraction of sp³-hybridized carbons (Fsp3) is 0.944. The summed E-state index contributed by atoms with van der Waals surface area (Å²) in [7, 11) is 3.69. The third kappa shape index (κ3) is 5.06. The van der Waals surface area contributed by atoms with Crippen molar-refractivity contribution in [2.45, 2.75) is 31.3 Å². The summed E-state index contributed by atoms with van der Waals surface area (Å²) in [5, 5.41) is 3.63. The second-order valence-electron chi connectivity index (χ2n) is 7.29. The molecule has 7 heteroatoms. The van der Waals surface area contributed by atoms with Gasteiger partial charge in [0.15, 0.2) is 5.96 Å². The van der Waals surface area contributed by atoms with E-state index in [9.17, 15) is 0 Å². The summed E-state index contributed by atoms with van der Waals surface area (Å²) in [6.45, 7) is 10.1. The number of guanidine groups is 1. The highest BCUT2D eigenvalue weighted by atomic mass is 16.5. The summed E-state index contributed by atoms with van der Waals surface area (Å²) < 4.78 is 10.7. The minimum Gasteiger partial charge on any atom is -0.383 e. The zero-order valence-corrected chi connectivity index (χ0v) is 16.0. The predicted octanol–water partition coefficient (Wildman–Crippen LogP) is 0.0791. The summed E-state index contributed by atoms with van der Waals surface area (Å²) in [4.78, 5) is 12.1. The third-order valence-electron chi connectivity index (χ3n) is 5.81. The Morgan fingerprint density at radius 1 is 1.20 bits per heavy atom. The van der Waals surface area contributed by atoms with E-state index in [-0.39, 0.29) is 0 Å². The smallest absolute Gasteiger partial charge is 0.193 e. The van der Waals surface area contributed by atoms with Crippen molar-refractivity contribution in [2.24, 2.45) is 4.99 Å². The number of morpholine rings is 1. The lowest BCUT2D eigenvalue weighted by Crippen LogP contribution is -2.48. The molecular weight excluding hydrogens is 318 g/mol. The van der Waals surface area contributed by atoms with Crippen LogP contribution >= 0.6 is 0 Å². The van der Waals surface area contributed by atoms with Gasteiger partial charge in [-0.25, -0.2) is 0 Å². The second-order valence-corrected chi connectivity index (χ2v) is 7.29. The minimum atomic E-state index is 0.601. The topological polar surface area (TPSA) is 52.6 Å². The van der Waals surface area contributed by atoms with Gasteiger partial charge in [0.2, 0.25) is 0 Å². The third-order valence-corrected chi connectivity index (χ3v) is 5.81. The Morgan fingerprint density at radius 3 is 2.80 bits per heavy atom. The average Bonchev–Trinajstić information content (AvgIpc) is 3.31. The number of rotatable bonds is 6. The minimum absolute atomic E-state index is 0.601. The van der Waals surface area contributed by atoms with Gasteiger partial charge in [-0.2, -0.15) is 0 Å². The van der Waals surface area contributed by atoms with Crippen molar-refractivity contribution in [3.8, 4) is 0 Å². The lowest BCUT2D eigenvalue weighted by Gasteiger charge is -2.32. The summed E-state index contributed by atoms with van der Waals surface area (Å²) in [5.74, 6) is 1.06. The standard InChI is InChI=1S/C18H35N5O2/c1-19-18(20-14-16-4-3-6-21(16)8-11-24-2)23-7-5-17(15-23)22-9-12-25-13-10-22/h16-17H,3-15H2,1-2H3,(H,19,20). The maximum atomic E-state index is 5.48. The Kier molecular flexibility index (Phi) is 7.34. The molecule has 1 N–H and O–H groups in total. The van der Waals surface area contributed by atoms with Gasteiger partial charge in [0.1, 0.15) is 0 Å². The van der Waals surface area contributed by atoms with Crippen molar-refractivity contribution in [1.82, 2.24) is 20.0 Å². The molecule has 3 aliphatic rings. The van der Waals surface area contributed by atoms with E-state index < -0.39 is 0 Å². The van der Waals surface area contributed by atoms with E-state index in [0.29, 0.717) is 12.1 Å². The van der Waals surface area contributed by atoms with Crippen molar-refractivity contribution in [3.63, 3.8) is 0 Å². The van der Waals surface area contributed by atoms with Crippen LogP contribution in [0.3, 0.4) is 0 Å². The molecule has 0 spiro atoms. The van der Waals surface area contributed by atoms with Crippen LogP contribution in [-0.2, 0) is 9.47 Å². The Morgan fingerprint density at radius 2 is 2.04 bits per heavy atom. The molecule has 0 saturated carbocycles. The van der Waals surface area contributed by atoms with Crippen molar-refractivity contribution in [1.29, 1.82) is 0 Å². The number of aliphatic imine (C=N–C) groups is 1. The molecule has 3 aliphatic heterocycles. The Balaban J connectivity index is 1.45. The zero-order valence-electron chi connectivity index (χ0n) is 16.0. The van der Waals surface area contributed by atoms with Gasteiger partial charge in [0, 0.05) is 65.5 Å². The number of nitrogens with one attached hydrogen (secondary N) is 1. The summed E-state index contributed by atoms with van der Waals surface area (Å²) in [5.41, 5.74) is 0. The van der Waals surface area contributed by atoms with E-state index in [0.717, 1.165) is 65.0 Å². The first-order chi connectivity index (χ1) is 12.3. The second kappa shape index (κ2) is 9.71. The first-order valence-electron chi connectivity index (χ1n) is 9.82. The molecule has 0 aromatic rings. The van der Waals surface area contributed by atoms with Crippen molar-refractivity contribution in [2.75, 3.05) is 79.8 Å². The van der Waals surface area contributed by atoms with Crippen LogP contribution in [0.15, 0.2) is 4.99 Å². The average molecular weight is 354 g/mol. The quantitative estimate of drug-likeness (QED) is 0.539. The van der Waals surface area contributed by atoms with E-state index in [2.05, 4.69) is 25.0 Å². The zero-order chi connectivity index (χ0) is 17.5. The number of likely N-dealkylation sites (tertiary alicyclic amines) is 2.